The maximum Gasteiger partial charge on any atom is 0.286 e. The van der Waals surface area contributed by atoms with Crippen molar-refractivity contribution in [2.24, 2.45) is 0 Å². The fraction of sp³-hybridized carbons (Fsp3) is 0.353. The normalized spacial score (nSPS) is 15.4. The predicted octanol–water partition coefficient (Wildman–Crippen LogP) is 3.17. The van der Waals surface area contributed by atoms with Crippen molar-refractivity contribution in [2.75, 3.05) is 25.6 Å². The molecule has 1 fully saturated rings. The van der Waals surface area contributed by atoms with E-state index in [-0.39, 0.29) is 5.91 Å². The summed E-state index contributed by atoms with van der Waals surface area (Å²) in [6.45, 7) is 1.52. The molecule has 0 atom stereocenters. The molecule has 8 heteroatoms. The van der Waals surface area contributed by atoms with Crippen molar-refractivity contribution in [1.82, 2.24) is 15.0 Å². The van der Waals surface area contributed by atoms with Crippen molar-refractivity contribution in [3.05, 3.63) is 34.3 Å². The first-order chi connectivity index (χ1) is 12.3. The molecule has 3 heterocycles. The fourth-order valence-electron chi connectivity index (χ4n) is 3.15. The summed E-state index contributed by atoms with van der Waals surface area (Å²) in [5, 5.41) is 4.94. The molecule has 1 aliphatic rings. The first kappa shape index (κ1) is 16.0. The number of fused-ring (bicyclic) bond motifs is 1. The summed E-state index contributed by atoms with van der Waals surface area (Å²) in [6, 6.07) is 4.00. The van der Waals surface area contributed by atoms with E-state index in [9.17, 15) is 4.79 Å². The fourth-order valence-corrected chi connectivity index (χ4v) is 3.68. The van der Waals surface area contributed by atoms with E-state index in [4.69, 9.17) is 9.47 Å². The van der Waals surface area contributed by atoms with Crippen molar-refractivity contribution in [3.63, 3.8) is 0 Å². The van der Waals surface area contributed by atoms with Crippen LogP contribution < -0.4 is 10.1 Å². The number of imidazole rings is 1. The molecule has 0 bridgehead atoms. The Kier molecular flexibility index (Phi) is 4.37. The zero-order valence-electron chi connectivity index (χ0n) is 13.7. The first-order valence-electron chi connectivity index (χ1n) is 8.11. The third-order valence-corrected chi connectivity index (χ3v) is 5.15. The van der Waals surface area contributed by atoms with Crippen molar-refractivity contribution in [3.8, 4) is 5.75 Å². The molecule has 130 valence electrons. The number of anilines is 1. The van der Waals surface area contributed by atoms with E-state index in [1.54, 1.807) is 18.7 Å². The average Bonchev–Trinajstić information content (AvgIpc) is 3.31. The van der Waals surface area contributed by atoms with Gasteiger partial charge in [-0.05, 0) is 30.4 Å². The minimum Gasteiger partial charge on any atom is -0.494 e. The van der Waals surface area contributed by atoms with Crippen molar-refractivity contribution in [1.29, 1.82) is 0 Å². The molecule has 1 saturated heterocycles. The van der Waals surface area contributed by atoms with Gasteiger partial charge in [-0.15, -0.1) is 11.3 Å². The maximum atomic E-state index is 12.2. The molecule has 2 aromatic heterocycles. The molecule has 25 heavy (non-hydrogen) atoms. The Morgan fingerprint density at radius 2 is 2.24 bits per heavy atom. The number of hydrogen-bond donors (Lipinski definition) is 2. The molecule has 7 nitrogen and oxygen atoms in total. The lowest BCUT2D eigenvalue weighted by Crippen LogP contribution is -2.14. The van der Waals surface area contributed by atoms with Crippen molar-refractivity contribution in [2.45, 2.75) is 18.8 Å². The number of nitrogens with zero attached hydrogens (tertiary/aromatic N) is 2. The monoisotopic (exact) mass is 358 g/mol. The number of methoxy groups -OCH3 is 1. The molecular weight excluding hydrogens is 340 g/mol. The van der Waals surface area contributed by atoms with Gasteiger partial charge in [-0.2, -0.15) is 0 Å². The number of H-pyrrole nitrogens is 1. The van der Waals surface area contributed by atoms with Crippen molar-refractivity contribution < 1.29 is 14.3 Å². The number of amides is 1. The predicted molar refractivity (Wildman–Crippen MR) is 95.5 cm³/mol. The molecule has 1 aliphatic heterocycles. The van der Waals surface area contributed by atoms with E-state index in [2.05, 4.69) is 26.3 Å². The van der Waals surface area contributed by atoms with Crippen LogP contribution in [0.5, 0.6) is 5.75 Å². The first-order valence-corrected chi connectivity index (χ1v) is 8.99. The summed E-state index contributed by atoms with van der Waals surface area (Å²) in [4.78, 5) is 24.0. The molecule has 3 aromatic rings. The number of ether oxygens (including phenoxy) is 2. The molecule has 2 N–H and O–H groups in total. The Labute approximate surface area is 148 Å². The molecular formula is C17H18N4O3S. The molecule has 0 spiro atoms. The third-order valence-electron chi connectivity index (χ3n) is 4.38. The van der Waals surface area contributed by atoms with Crippen LogP contribution in [0.3, 0.4) is 0 Å². The number of benzene rings is 1. The number of hydrogen-bond acceptors (Lipinski definition) is 6. The Bertz CT molecular complexity index is 885. The number of carbonyl (C=O) groups is 1. The van der Waals surface area contributed by atoms with Gasteiger partial charge in [-0.3, -0.25) is 10.1 Å². The SMILES string of the molecule is COc1ccc(C2CCOCC2)c2nc(NC(=O)c3nccs3)[nH]c12. The zero-order chi connectivity index (χ0) is 17.2. The standard InChI is InChI=1S/C17H18N4O3S/c1-23-12-3-2-11(10-4-7-24-8-5-10)13-14(12)20-17(19-13)21-15(22)16-18-6-9-25-16/h2-3,6,9-10H,4-5,7-8H2,1H3,(H2,19,20,21,22). The summed E-state index contributed by atoms with van der Waals surface area (Å²) in [7, 11) is 1.62. The van der Waals surface area contributed by atoms with Crippen LogP contribution in [0.15, 0.2) is 23.7 Å². The van der Waals surface area contributed by atoms with E-state index < -0.39 is 0 Å². The number of aromatic nitrogens is 3. The van der Waals surface area contributed by atoms with Gasteiger partial charge in [-0.1, -0.05) is 6.07 Å². The summed E-state index contributed by atoms with van der Waals surface area (Å²) in [5.74, 6) is 1.22. The highest BCUT2D eigenvalue weighted by Gasteiger charge is 2.22. The van der Waals surface area contributed by atoms with Gasteiger partial charge in [-0.25, -0.2) is 9.97 Å². The Balaban J connectivity index is 1.70. The minimum absolute atomic E-state index is 0.277. The molecule has 0 saturated carbocycles. The Hall–Kier alpha value is -2.45. The van der Waals surface area contributed by atoms with Gasteiger partial charge >= 0.3 is 0 Å². The average molecular weight is 358 g/mol. The van der Waals surface area contributed by atoms with Crippen LogP contribution in [0.25, 0.3) is 11.0 Å². The van der Waals surface area contributed by atoms with Crippen LogP contribution in [-0.4, -0.2) is 41.2 Å². The smallest absolute Gasteiger partial charge is 0.286 e. The summed E-state index contributed by atoms with van der Waals surface area (Å²) >= 11 is 1.29. The minimum atomic E-state index is -0.277. The molecule has 0 aliphatic carbocycles. The van der Waals surface area contributed by atoms with Gasteiger partial charge in [0.1, 0.15) is 11.3 Å². The lowest BCUT2D eigenvalue weighted by atomic mass is 9.90. The van der Waals surface area contributed by atoms with Crippen LogP contribution >= 0.6 is 11.3 Å². The molecule has 4 rings (SSSR count). The molecule has 0 unspecified atom stereocenters. The quantitative estimate of drug-likeness (QED) is 0.748. The van der Waals surface area contributed by atoms with E-state index in [1.165, 1.54) is 11.3 Å². The summed E-state index contributed by atoms with van der Waals surface area (Å²) in [5.41, 5.74) is 2.78. The lowest BCUT2D eigenvalue weighted by molar-refractivity contribution is 0.0856. The van der Waals surface area contributed by atoms with Gasteiger partial charge in [0, 0.05) is 24.8 Å². The van der Waals surface area contributed by atoms with Crippen LogP contribution in [-0.2, 0) is 4.74 Å². The van der Waals surface area contributed by atoms with Gasteiger partial charge < -0.3 is 14.5 Å². The molecule has 1 aromatic carbocycles. The number of aromatic amines is 1. The Morgan fingerprint density at radius 3 is 2.96 bits per heavy atom. The molecule has 0 radical (unpaired) electrons. The van der Waals surface area contributed by atoms with E-state index in [0.717, 1.165) is 42.7 Å². The maximum absolute atomic E-state index is 12.2. The third kappa shape index (κ3) is 3.10. The zero-order valence-corrected chi connectivity index (χ0v) is 14.6. The van der Waals surface area contributed by atoms with Gasteiger partial charge in [0.25, 0.3) is 5.91 Å². The number of thiazole rings is 1. The number of nitrogens with one attached hydrogen (secondary N) is 2. The van der Waals surface area contributed by atoms with Crippen LogP contribution in [0, 0.1) is 0 Å². The number of carbonyl (C=O) groups excluding carboxylic acids is 1. The molecule has 1 amide bonds. The van der Waals surface area contributed by atoms with Gasteiger partial charge in [0.05, 0.1) is 12.6 Å². The second-order valence-corrected chi connectivity index (χ2v) is 6.74. The summed E-state index contributed by atoms with van der Waals surface area (Å²) < 4.78 is 10.9. The highest BCUT2D eigenvalue weighted by atomic mass is 32.1. The summed E-state index contributed by atoms with van der Waals surface area (Å²) in [6.07, 6.45) is 3.54. The number of rotatable bonds is 4. The van der Waals surface area contributed by atoms with E-state index in [1.807, 2.05) is 6.07 Å². The van der Waals surface area contributed by atoms with Gasteiger partial charge in [0.15, 0.2) is 5.01 Å². The largest absolute Gasteiger partial charge is 0.494 e. The van der Waals surface area contributed by atoms with Gasteiger partial charge in [0.2, 0.25) is 5.95 Å². The van der Waals surface area contributed by atoms with E-state index in [0.29, 0.717) is 22.6 Å². The second kappa shape index (κ2) is 6.81. The van der Waals surface area contributed by atoms with Crippen molar-refractivity contribution >= 4 is 34.2 Å². The highest BCUT2D eigenvalue weighted by molar-refractivity contribution is 7.11. The van der Waals surface area contributed by atoms with Crippen LogP contribution in [0.4, 0.5) is 5.95 Å². The van der Waals surface area contributed by atoms with Crippen LogP contribution in [0.2, 0.25) is 0 Å². The second-order valence-electron chi connectivity index (χ2n) is 5.84. The van der Waals surface area contributed by atoms with E-state index >= 15 is 0 Å². The van der Waals surface area contributed by atoms with Crippen LogP contribution in [0.1, 0.15) is 34.1 Å². The highest BCUT2D eigenvalue weighted by Crippen LogP contribution is 2.36. The lowest BCUT2D eigenvalue weighted by Gasteiger charge is -2.22. The Morgan fingerprint density at radius 1 is 1.40 bits per heavy atom. The topological polar surface area (TPSA) is 89.1 Å².